The van der Waals surface area contributed by atoms with Gasteiger partial charge >= 0.3 is 0 Å². The number of aryl methyl sites for hydroxylation is 1. The molecule has 0 bridgehead atoms. The first-order valence-corrected chi connectivity index (χ1v) is 5.34. The molecule has 4 nitrogen and oxygen atoms in total. The summed E-state index contributed by atoms with van der Waals surface area (Å²) in [6.07, 6.45) is 5.60. The lowest BCUT2D eigenvalue weighted by atomic mass is 9.98. The Morgan fingerprint density at radius 2 is 2.31 bits per heavy atom. The molecule has 0 amide bonds. The van der Waals surface area contributed by atoms with Crippen molar-refractivity contribution >= 4 is 0 Å². The molecule has 0 aliphatic heterocycles. The SMILES string of the molecule is Cn1cc(C(C)(C)NCc2ccco2)cn1. The van der Waals surface area contributed by atoms with Crippen molar-refractivity contribution in [3.8, 4) is 0 Å². The summed E-state index contributed by atoms with van der Waals surface area (Å²) in [5.41, 5.74) is 1.06. The van der Waals surface area contributed by atoms with Crippen molar-refractivity contribution in [2.75, 3.05) is 0 Å². The largest absolute Gasteiger partial charge is 0.468 e. The third kappa shape index (κ3) is 2.33. The Balaban J connectivity index is 2.02. The molecule has 0 aliphatic rings. The predicted octanol–water partition coefficient (Wildman–Crippen LogP) is 2.04. The van der Waals surface area contributed by atoms with Gasteiger partial charge in [-0.15, -0.1) is 0 Å². The molecule has 86 valence electrons. The normalized spacial score (nSPS) is 11.9. The van der Waals surface area contributed by atoms with E-state index in [0.717, 1.165) is 12.3 Å². The van der Waals surface area contributed by atoms with E-state index < -0.39 is 0 Å². The minimum atomic E-state index is -0.110. The summed E-state index contributed by atoms with van der Waals surface area (Å²) in [7, 11) is 1.92. The van der Waals surface area contributed by atoms with Crippen molar-refractivity contribution in [2.45, 2.75) is 25.9 Å². The van der Waals surface area contributed by atoms with Crippen molar-refractivity contribution in [1.29, 1.82) is 0 Å². The van der Waals surface area contributed by atoms with Gasteiger partial charge in [-0.25, -0.2) is 0 Å². The smallest absolute Gasteiger partial charge is 0.117 e. The van der Waals surface area contributed by atoms with Crippen molar-refractivity contribution in [1.82, 2.24) is 15.1 Å². The van der Waals surface area contributed by atoms with Crippen LogP contribution < -0.4 is 5.32 Å². The van der Waals surface area contributed by atoms with Gasteiger partial charge in [-0.3, -0.25) is 4.68 Å². The summed E-state index contributed by atoms with van der Waals surface area (Å²) < 4.78 is 7.10. The highest BCUT2D eigenvalue weighted by Crippen LogP contribution is 2.19. The van der Waals surface area contributed by atoms with E-state index >= 15 is 0 Å². The first kappa shape index (κ1) is 11.0. The van der Waals surface area contributed by atoms with E-state index in [1.54, 1.807) is 6.26 Å². The molecule has 0 spiro atoms. The minimum Gasteiger partial charge on any atom is -0.468 e. The van der Waals surface area contributed by atoms with Gasteiger partial charge in [0.05, 0.1) is 19.0 Å². The second-order valence-electron chi connectivity index (χ2n) is 4.46. The molecule has 0 atom stereocenters. The second kappa shape index (κ2) is 4.14. The van der Waals surface area contributed by atoms with Gasteiger partial charge in [0.15, 0.2) is 0 Å². The number of hydrogen-bond acceptors (Lipinski definition) is 3. The maximum Gasteiger partial charge on any atom is 0.117 e. The van der Waals surface area contributed by atoms with Crippen LogP contribution in [-0.2, 0) is 19.1 Å². The van der Waals surface area contributed by atoms with E-state index in [2.05, 4.69) is 24.3 Å². The van der Waals surface area contributed by atoms with Crippen molar-refractivity contribution in [3.05, 3.63) is 42.1 Å². The number of aromatic nitrogens is 2. The lowest BCUT2D eigenvalue weighted by Gasteiger charge is -2.24. The molecule has 1 N–H and O–H groups in total. The van der Waals surface area contributed by atoms with E-state index in [4.69, 9.17) is 4.42 Å². The molecular formula is C12H17N3O. The topological polar surface area (TPSA) is 43.0 Å². The summed E-state index contributed by atoms with van der Waals surface area (Å²) in [5.74, 6) is 0.942. The summed E-state index contributed by atoms with van der Waals surface area (Å²) in [6.45, 7) is 4.98. The van der Waals surface area contributed by atoms with Crippen LogP contribution in [0, 0.1) is 0 Å². The number of hydrogen-bond donors (Lipinski definition) is 1. The molecule has 0 unspecified atom stereocenters. The number of furan rings is 1. The van der Waals surface area contributed by atoms with Crippen LogP contribution in [0.5, 0.6) is 0 Å². The lowest BCUT2D eigenvalue weighted by molar-refractivity contribution is 0.370. The van der Waals surface area contributed by atoms with Gasteiger partial charge in [-0.05, 0) is 26.0 Å². The van der Waals surface area contributed by atoms with Gasteiger partial charge in [0, 0.05) is 24.3 Å². The van der Waals surface area contributed by atoms with Crippen LogP contribution in [0.1, 0.15) is 25.2 Å². The molecule has 0 aromatic carbocycles. The molecule has 2 aromatic heterocycles. The molecule has 0 aliphatic carbocycles. The van der Waals surface area contributed by atoms with Crippen LogP contribution in [0.2, 0.25) is 0 Å². The number of rotatable bonds is 4. The molecule has 0 radical (unpaired) electrons. The predicted molar refractivity (Wildman–Crippen MR) is 61.8 cm³/mol. The van der Waals surface area contributed by atoms with E-state index in [1.165, 1.54) is 5.56 Å². The standard InChI is InChI=1S/C12H17N3O/c1-12(2,10-7-14-15(3)9-10)13-8-11-5-4-6-16-11/h4-7,9,13H,8H2,1-3H3. The second-order valence-corrected chi connectivity index (χ2v) is 4.46. The highest BCUT2D eigenvalue weighted by Gasteiger charge is 2.21. The lowest BCUT2D eigenvalue weighted by Crippen LogP contribution is -2.35. The average Bonchev–Trinajstić information content (AvgIpc) is 2.85. The first-order chi connectivity index (χ1) is 7.58. The van der Waals surface area contributed by atoms with Crippen LogP contribution in [0.15, 0.2) is 35.2 Å². The zero-order valence-electron chi connectivity index (χ0n) is 9.90. The van der Waals surface area contributed by atoms with Crippen LogP contribution in [0.3, 0.4) is 0 Å². The Morgan fingerprint density at radius 1 is 1.50 bits per heavy atom. The highest BCUT2D eigenvalue weighted by atomic mass is 16.3. The van der Waals surface area contributed by atoms with E-state index in [-0.39, 0.29) is 5.54 Å². The van der Waals surface area contributed by atoms with Crippen LogP contribution in [0.4, 0.5) is 0 Å². The Hall–Kier alpha value is -1.55. The maximum absolute atomic E-state index is 5.29. The van der Waals surface area contributed by atoms with Gasteiger partial charge in [0.2, 0.25) is 0 Å². The van der Waals surface area contributed by atoms with Crippen molar-refractivity contribution in [3.63, 3.8) is 0 Å². The monoisotopic (exact) mass is 219 g/mol. The van der Waals surface area contributed by atoms with Crippen LogP contribution in [-0.4, -0.2) is 9.78 Å². The molecule has 2 heterocycles. The minimum absolute atomic E-state index is 0.110. The highest BCUT2D eigenvalue weighted by molar-refractivity contribution is 5.15. The van der Waals surface area contributed by atoms with Gasteiger partial charge in [0.25, 0.3) is 0 Å². The Labute approximate surface area is 95.3 Å². The molecule has 0 saturated heterocycles. The fraction of sp³-hybridized carbons (Fsp3) is 0.417. The zero-order valence-corrected chi connectivity index (χ0v) is 9.90. The summed E-state index contributed by atoms with van der Waals surface area (Å²) in [5, 5.41) is 7.63. The molecule has 16 heavy (non-hydrogen) atoms. The number of nitrogens with zero attached hydrogens (tertiary/aromatic N) is 2. The average molecular weight is 219 g/mol. The molecule has 0 saturated carbocycles. The third-order valence-electron chi connectivity index (χ3n) is 2.71. The fourth-order valence-electron chi connectivity index (χ4n) is 1.57. The first-order valence-electron chi connectivity index (χ1n) is 5.34. The Bertz CT molecular complexity index is 443. The number of nitrogens with one attached hydrogen (secondary N) is 1. The summed E-state index contributed by atoms with van der Waals surface area (Å²) >= 11 is 0. The van der Waals surface area contributed by atoms with E-state index in [9.17, 15) is 0 Å². The Kier molecular flexibility index (Phi) is 2.83. The van der Waals surface area contributed by atoms with Gasteiger partial charge in [0.1, 0.15) is 5.76 Å². The van der Waals surface area contributed by atoms with Crippen LogP contribution >= 0.6 is 0 Å². The molecular weight excluding hydrogens is 202 g/mol. The van der Waals surface area contributed by atoms with Gasteiger partial charge in [-0.2, -0.15) is 5.10 Å². The molecule has 2 aromatic rings. The Morgan fingerprint density at radius 3 is 2.88 bits per heavy atom. The third-order valence-corrected chi connectivity index (χ3v) is 2.71. The van der Waals surface area contributed by atoms with E-state index in [1.807, 2.05) is 36.3 Å². The van der Waals surface area contributed by atoms with Crippen molar-refractivity contribution < 1.29 is 4.42 Å². The maximum atomic E-state index is 5.29. The quantitative estimate of drug-likeness (QED) is 0.855. The van der Waals surface area contributed by atoms with E-state index in [0.29, 0.717) is 0 Å². The zero-order chi connectivity index (χ0) is 11.6. The van der Waals surface area contributed by atoms with Crippen LogP contribution in [0.25, 0.3) is 0 Å². The van der Waals surface area contributed by atoms with Gasteiger partial charge < -0.3 is 9.73 Å². The summed E-state index contributed by atoms with van der Waals surface area (Å²) in [4.78, 5) is 0. The van der Waals surface area contributed by atoms with Gasteiger partial charge in [-0.1, -0.05) is 0 Å². The summed E-state index contributed by atoms with van der Waals surface area (Å²) in [6, 6.07) is 3.86. The molecule has 0 fully saturated rings. The van der Waals surface area contributed by atoms with Crippen molar-refractivity contribution in [2.24, 2.45) is 7.05 Å². The molecule has 2 rings (SSSR count). The molecule has 4 heteroatoms. The fourth-order valence-corrected chi connectivity index (χ4v) is 1.57.